The highest BCUT2D eigenvalue weighted by atomic mass is 32.2. The lowest BCUT2D eigenvalue weighted by Gasteiger charge is -2.39. The molecule has 2 unspecified atom stereocenters. The van der Waals surface area contributed by atoms with Gasteiger partial charge in [-0.15, -0.1) is 0 Å². The molecule has 0 spiro atoms. The Balaban J connectivity index is 1.64. The van der Waals surface area contributed by atoms with Gasteiger partial charge >= 0.3 is 0 Å². The second-order valence-electron chi connectivity index (χ2n) is 10.4. The van der Waals surface area contributed by atoms with Crippen molar-refractivity contribution in [2.75, 3.05) is 25.5 Å². The lowest BCUT2D eigenvalue weighted by atomic mass is 9.65. The van der Waals surface area contributed by atoms with Crippen molar-refractivity contribution in [3.8, 4) is 11.5 Å². The van der Waals surface area contributed by atoms with Gasteiger partial charge in [-0.3, -0.25) is 4.72 Å². The number of hydrogen-bond acceptors (Lipinski definition) is 6. The number of hydrogen-bond donors (Lipinski definition) is 1. The molecule has 2 aliphatic rings. The molecular weight excluding hydrogens is 476 g/mol. The van der Waals surface area contributed by atoms with E-state index in [1.54, 1.807) is 16.4 Å². The summed E-state index contributed by atoms with van der Waals surface area (Å²) in [6, 6.07) is 10.3. The van der Waals surface area contributed by atoms with Crippen LogP contribution in [0.15, 0.2) is 52.3 Å². The summed E-state index contributed by atoms with van der Waals surface area (Å²) in [5.41, 5.74) is 0.177. The second kappa shape index (κ2) is 8.42. The molecule has 186 valence electrons. The maximum absolute atomic E-state index is 13.6. The van der Waals surface area contributed by atoms with E-state index in [4.69, 9.17) is 9.47 Å². The van der Waals surface area contributed by atoms with Gasteiger partial charge in [0.25, 0.3) is 10.0 Å². The Hall–Kier alpha value is -2.30. The molecule has 2 bridgehead atoms. The smallest absolute Gasteiger partial charge is 0.265 e. The SMILES string of the molecule is COc1ccc(OC)c(S(=O)(=O)Nc2cccc(S(=O)(=O)N3CC4(C)CC3CC(C)(C)C4)c2)c1. The van der Waals surface area contributed by atoms with Gasteiger partial charge in [0.2, 0.25) is 10.0 Å². The van der Waals surface area contributed by atoms with Crippen molar-refractivity contribution in [2.45, 2.75) is 55.9 Å². The van der Waals surface area contributed by atoms with Crippen LogP contribution in [0, 0.1) is 10.8 Å². The van der Waals surface area contributed by atoms with Crippen LogP contribution in [0.4, 0.5) is 5.69 Å². The molecule has 0 radical (unpaired) electrons. The maximum atomic E-state index is 13.6. The van der Waals surface area contributed by atoms with E-state index in [9.17, 15) is 16.8 Å². The molecule has 1 saturated carbocycles. The van der Waals surface area contributed by atoms with Gasteiger partial charge in [-0.1, -0.05) is 26.8 Å². The number of anilines is 1. The Bertz CT molecular complexity index is 1310. The molecule has 10 heteroatoms. The average Bonchev–Trinajstić information content (AvgIpc) is 3.02. The first kappa shape index (κ1) is 24.8. The van der Waals surface area contributed by atoms with Crippen molar-refractivity contribution in [1.82, 2.24) is 4.31 Å². The summed E-state index contributed by atoms with van der Waals surface area (Å²) in [5, 5.41) is 0. The summed E-state index contributed by atoms with van der Waals surface area (Å²) in [5.74, 6) is 0.506. The van der Waals surface area contributed by atoms with E-state index >= 15 is 0 Å². The Morgan fingerprint density at radius 2 is 1.71 bits per heavy atom. The average molecular weight is 509 g/mol. The molecule has 1 saturated heterocycles. The molecule has 1 aliphatic heterocycles. The van der Waals surface area contributed by atoms with Gasteiger partial charge in [0.1, 0.15) is 16.4 Å². The summed E-state index contributed by atoms with van der Waals surface area (Å²) in [4.78, 5) is -0.0367. The zero-order chi connectivity index (χ0) is 24.9. The van der Waals surface area contributed by atoms with Crippen molar-refractivity contribution < 1.29 is 26.3 Å². The molecule has 0 aromatic heterocycles. The summed E-state index contributed by atoms with van der Waals surface area (Å²) >= 11 is 0. The van der Waals surface area contributed by atoms with Crippen LogP contribution in [0.3, 0.4) is 0 Å². The number of methoxy groups -OCH3 is 2. The van der Waals surface area contributed by atoms with Gasteiger partial charge in [0.15, 0.2) is 0 Å². The minimum Gasteiger partial charge on any atom is -0.497 e. The summed E-state index contributed by atoms with van der Waals surface area (Å²) in [7, 11) is -5.05. The van der Waals surface area contributed by atoms with Crippen LogP contribution in [0.2, 0.25) is 0 Å². The van der Waals surface area contributed by atoms with Gasteiger partial charge < -0.3 is 9.47 Å². The largest absolute Gasteiger partial charge is 0.497 e. The number of nitrogens with one attached hydrogen (secondary N) is 1. The number of sulfonamides is 2. The Kier molecular flexibility index (Phi) is 6.15. The van der Waals surface area contributed by atoms with Crippen LogP contribution >= 0.6 is 0 Å². The summed E-state index contributed by atoms with van der Waals surface area (Å²) in [6.07, 6.45) is 2.63. The second-order valence-corrected chi connectivity index (χ2v) is 14.0. The third-order valence-electron chi connectivity index (χ3n) is 6.72. The first-order valence-corrected chi connectivity index (χ1v) is 14.1. The summed E-state index contributed by atoms with van der Waals surface area (Å²) < 4.78 is 67.9. The quantitative estimate of drug-likeness (QED) is 0.604. The number of nitrogens with zero attached hydrogens (tertiary/aromatic N) is 1. The van der Waals surface area contributed by atoms with E-state index < -0.39 is 20.0 Å². The van der Waals surface area contributed by atoms with Gasteiger partial charge in [-0.2, -0.15) is 4.31 Å². The normalized spacial score (nSPS) is 24.6. The molecule has 8 nitrogen and oxygen atoms in total. The van der Waals surface area contributed by atoms with Crippen LogP contribution in [-0.4, -0.2) is 47.9 Å². The van der Waals surface area contributed by atoms with E-state index in [0.717, 1.165) is 19.3 Å². The predicted molar refractivity (Wildman–Crippen MR) is 130 cm³/mol. The van der Waals surface area contributed by atoms with Crippen LogP contribution in [0.25, 0.3) is 0 Å². The molecular formula is C24H32N2O6S2. The number of rotatable bonds is 7. The number of fused-ring (bicyclic) bond motifs is 2. The van der Waals surface area contributed by atoms with E-state index in [1.807, 2.05) is 0 Å². The summed E-state index contributed by atoms with van der Waals surface area (Å²) in [6.45, 7) is 7.01. The molecule has 1 N–H and O–H groups in total. The lowest BCUT2D eigenvalue weighted by Crippen LogP contribution is -2.37. The van der Waals surface area contributed by atoms with Crippen LogP contribution < -0.4 is 14.2 Å². The Morgan fingerprint density at radius 1 is 0.971 bits per heavy atom. The fourth-order valence-electron chi connectivity index (χ4n) is 5.75. The molecule has 34 heavy (non-hydrogen) atoms. The van der Waals surface area contributed by atoms with Crippen LogP contribution in [0.1, 0.15) is 40.0 Å². The van der Waals surface area contributed by atoms with Crippen molar-refractivity contribution in [3.05, 3.63) is 42.5 Å². The zero-order valence-electron chi connectivity index (χ0n) is 20.2. The molecule has 1 heterocycles. The van der Waals surface area contributed by atoms with Crippen LogP contribution in [-0.2, 0) is 20.0 Å². The molecule has 2 atom stereocenters. The topological polar surface area (TPSA) is 102 Å². The van der Waals surface area contributed by atoms with E-state index in [-0.39, 0.29) is 38.1 Å². The fourth-order valence-corrected chi connectivity index (χ4v) is 8.80. The Morgan fingerprint density at radius 3 is 2.38 bits per heavy atom. The molecule has 0 amide bonds. The molecule has 2 fully saturated rings. The van der Waals surface area contributed by atoms with E-state index in [0.29, 0.717) is 12.3 Å². The van der Waals surface area contributed by atoms with Gasteiger partial charge in [0, 0.05) is 18.7 Å². The number of ether oxygens (including phenoxy) is 2. The molecule has 2 aromatic rings. The van der Waals surface area contributed by atoms with E-state index in [2.05, 4.69) is 25.5 Å². The van der Waals surface area contributed by atoms with E-state index in [1.165, 1.54) is 44.6 Å². The lowest BCUT2D eigenvalue weighted by molar-refractivity contribution is 0.133. The highest BCUT2D eigenvalue weighted by molar-refractivity contribution is 7.92. The van der Waals surface area contributed by atoms with Crippen LogP contribution in [0.5, 0.6) is 11.5 Å². The zero-order valence-corrected chi connectivity index (χ0v) is 21.8. The van der Waals surface area contributed by atoms with Crippen molar-refractivity contribution in [1.29, 1.82) is 0 Å². The first-order valence-electron chi connectivity index (χ1n) is 11.2. The van der Waals surface area contributed by atoms with Gasteiger partial charge in [-0.25, -0.2) is 16.8 Å². The molecule has 2 aromatic carbocycles. The Labute approximate surface area is 202 Å². The minimum atomic E-state index is -4.07. The highest BCUT2D eigenvalue weighted by Crippen LogP contribution is 2.53. The van der Waals surface area contributed by atoms with Crippen molar-refractivity contribution >= 4 is 25.7 Å². The number of benzene rings is 2. The fraction of sp³-hybridized carbons (Fsp3) is 0.500. The third kappa shape index (κ3) is 4.63. The monoisotopic (exact) mass is 508 g/mol. The predicted octanol–water partition coefficient (Wildman–Crippen LogP) is 4.09. The molecule has 1 aliphatic carbocycles. The highest BCUT2D eigenvalue weighted by Gasteiger charge is 2.53. The third-order valence-corrected chi connectivity index (χ3v) is 10.0. The first-order chi connectivity index (χ1) is 15.8. The van der Waals surface area contributed by atoms with Gasteiger partial charge in [0.05, 0.1) is 24.8 Å². The van der Waals surface area contributed by atoms with Crippen molar-refractivity contribution in [3.63, 3.8) is 0 Å². The van der Waals surface area contributed by atoms with Gasteiger partial charge in [-0.05, 0) is 60.4 Å². The van der Waals surface area contributed by atoms with Crippen molar-refractivity contribution in [2.24, 2.45) is 10.8 Å². The minimum absolute atomic E-state index is 0.0540. The molecule has 4 rings (SSSR count). The maximum Gasteiger partial charge on any atom is 0.265 e. The standard InChI is InChI=1S/C24H32N2O6S2/c1-23(2)13-18-14-24(3,15-23)16-26(18)34(29,30)20-8-6-7-17(11-20)25-33(27,28)22-12-19(31-4)9-10-21(22)32-5/h6-12,18,25H,13-16H2,1-5H3.